The molecule has 1 fully saturated rings. The SMILES string of the molecule is COc1ccc(CN(C(=O)c2cc(C#N)c[nH]2)C2CC2)cc1. The lowest BCUT2D eigenvalue weighted by Gasteiger charge is -2.22. The first-order valence-electron chi connectivity index (χ1n) is 7.23. The predicted octanol–water partition coefficient (Wildman–Crippen LogP) is 2.70. The maximum Gasteiger partial charge on any atom is 0.270 e. The van der Waals surface area contributed by atoms with Crippen molar-refractivity contribution in [2.45, 2.75) is 25.4 Å². The number of ether oxygens (including phenoxy) is 1. The summed E-state index contributed by atoms with van der Waals surface area (Å²) >= 11 is 0. The van der Waals surface area contributed by atoms with Crippen molar-refractivity contribution < 1.29 is 9.53 Å². The average molecular weight is 295 g/mol. The molecule has 112 valence electrons. The Morgan fingerprint density at radius 3 is 2.68 bits per heavy atom. The molecular weight excluding hydrogens is 278 g/mol. The highest BCUT2D eigenvalue weighted by Crippen LogP contribution is 2.30. The largest absolute Gasteiger partial charge is 0.497 e. The van der Waals surface area contributed by atoms with Gasteiger partial charge in [-0.25, -0.2) is 0 Å². The third-order valence-corrected chi connectivity index (χ3v) is 3.80. The lowest BCUT2D eigenvalue weighted by molar-refractivity contribution is 0.0724. The highest BCUT2D eigenvalue weighted by Gasteiger charge is 2.33. The smallest absolute Gasteiger partial charge is 0.270 e. The highest BCUT2D eigenvalue weighted by molar-refractivity contribution is 5.93. The van der Waals surface area contributed by atoms with E-state index >= 15 is 0 Å². The van der Waals surface area contributed by atoms with Crippen molar-refractivity contribution >= 4 is 5.91 Å². The summed E-state index contributed by atoms with van der Waals surface area (Å²) in [6, 6.07) is 11.7. The van der Waals surface area contributed by atoms with Gasteiger partial charge in [0.15, 0.2) is 0 Å². The van der Waals surface area contributed by atoms with Crippen molar-refractivity contribution in [2.75, 3.05) is 7.11 Å². The predicted molar refractivity (Wildman–Crippen MR) is 81.4 cm³/mol. The zero-order valence-corrected chi connectivity index (χ0v) is 12.4. The van der Waals surface area contributed by atoms with E-state index in [1.807, 2.05) is 35.2 Å². The Kier molecular flexibility index (Phi) is 3.84. The number of nitrogens with zero attached hydrogens (tertiary/aromatic N) is 2. The second-order valence-electron chi connectivity index (χ2n) is 5.43. The van der Waals surface area contributed by atoms with Crippen LogP contribution in [-0.4, -0.2) is 28.9 Å². The van der Waals surface area contributed by atoms with E-state index in [0.717, 1.165) is 24.2 Å². The van der Waals surface area contributed by atoms with Crippen molar-refractivity contribution in [3.63, 3.8) is 0 Å². The zero-order valence-electron chi connectivity index (χ0n) is 12.4. The summed E-state index contributed by atoms with van der Waals surface area (Å²) in [5.74, 6) is 0.746. The summed E-state index contributed by atoms with van der Waals surface area (Å²) in [4.78, 5) is 17.4. The quantitative estimate of drug-likeness (QED) is 0.922. The van der Waals surface area contributed by atoms with E-state index in [-0.39, 0.29) is 5.91 Å². The number of carbonyl (C=O) groups is 1. The van der Waals surface area contributed by atoms with Gasteiger partial charge in [0.1, 0.15) is 17.5 Å². The molecule has 2 aromatic rings. The number of methoxy groups -OCH3 is 1. The second-order valence-corrected chi connectivity index (χ2v) is 5.43. The molecule has 22 heavy (non-hydrogen) atoms. The van der Waals surface area contributed by atoms with Gasteiger partial charge in [-0.05, 0) is 36.6 Å². The number of nitrogens with one attached hydrogen (secondary N) is 1. The molecule has 0 radical (unpaired) electrons. The normalized spacial score (nSPS) is 13.5. The highest BCUT2D eigenvalue weighted by atomic mass is 16.5. The summed E-state index contributed by atoms with van der Waals surface area (Å²) in [6.45, 7) is 0.564. The minimum absolute atomic E-state index is 0.0557. The van der Waals surface area contributed by atoms with E-state index in [0.29, 0.717) is 23.8 Å². The molecule has 0 spiro atoms. The fraction of sp³-hybridized carbons (Fsp3) is 0.294. The van der Waals surface area contributed by atoms with Crippen LogP contribution in [0.25, 0.3) is 0 Å². The van der Waals surface area contributed by atoms with Crippen LogP contribution < -0.4 is 4.74 Å². The van der Waals surface area contributed by atoms with Gasteiger partial charge in [-0.3, -0.25) is 4.79 Å². The molecule has 1 N–H and O–H groups in total. The minimum Gasteiger partial charge on any atom is -0.497 e. The van der Waals surface area contributed by atoms with Crippen molar-refractivity contribution in [3.8, 4) is 11.8 Å². The van der Waals surface area contributed by atoms with Crippen LogP contribution in [0.2, 0.25) is 0 Å². The van der Waals surface area contributed by atoms with Gasteiger partial charge in [0, 0.05) is 18.8 Å². The lowest BCUT2D eigenvalue weighted by atomic mass is 10.2. The topological polar surface area (TPSA) is 69.1 Å². The van der Waals surface area contributed by atoms with Gasteiger partial charge >= 0.3 is 0 Å². The molecule has 5 nitrogen and oxygen atoms in total. The number of rotatable bonds is 5. The first kappa shape index (κ1) is 14.2. The van der Waals surface area contributed by atoms with E-state index in [1.165, 1.54) is 0 Å². The maximum absolute atomic E-state index is 12.6. The summed E-state index contributed by atoms with van der Waals surface area (Å²) in [5.41, 5.74) is 2.01. The van der Waals surface area contributed by atoms with Crippen LogP contribution in [0.3, 0.4) is 0 Å². The molecule has 1 saturated carbocycles. The van der Waals surface area contributed by atoms with Crippen LogP contribution in [0.4, 0.5) is 0 Å². The summed E-state index contributed by atoms with van der Waals surface area (Å²) in [5, 5.41) is 8.87. The third-order valence-electron chi connectivity index (χ3n) is 3.80. The molecule has 1 aliphatic rings. The Balaban J connectivity index is 1.77. The molecule has 0 aliphatic heterocycles. The van der Waals surface area contributed by atoms with Crippen LogP contribution >= 0.6 is 0 Å². The first-order chi connectivity index (χ1) is 10.7. The lowest BCUT2D eigenvalue weighted by Crippen LogP contribution is -2.32. The standard InChI is InChI=1S/C17H17N3O2/c1-22-15-6-2-12(3-7-15)11-20(14-4-5-14)17(21)16-8-13(9-18)10-19-16/h2-3,6-8,10,14,19H,4-5,11H2,1H3. The third kappa shape index (κ3) is 2.96. The van der Waals surface area contributed by atoms with E-state index in [2.05, 4.69) is 4.98 Å². The number of nitriles is 1. The number of aromatic amines is 1. The van der Waals surface area contributed by atoms with E-state index in [9.17, 15) is 4.79 Å². The van der Waals surface area contributed by atoms with Gasteiger partial charge in [-0.15, -0.1) is 0 Å². The Labute approximate surface area is 129 Å². The molecule has 0 bridgehead atoms. The fourth-order valence-electron chi connectivity index (χ4n) is 2.42. The van der Waals surface area contributed by atoms with E-state index in [1.54, 1.807) is 19.4 Å². The molecule has 5 heteroatoms. The summed E-state index contributed by atoms with van der Waals surface area (Å²) in [7, 11) is 1.63. The van der Waals surface area contributed by atoms with Gasteiger partial charge in [0.05, 0.1) is 12.7 Å². The minimum atomic E-state index is -0.0557. The molecular formula is C17H17N3O2. The number of H-pyrrole nitrogens is 1. The molecule has 1 aromatic carbocycles. The molecule has 1 aliphatic carbocycles. The Morgan fingerprint density at radius 1 is 1.41 bits per heavy atom. The molecule has 0 saturated heterocycles. The van der Waals surface area contributed by atoms with Crippen molar-refractivity contribution in [1.29, 1.82) is 5.26 Å². The summed E-state index contributed by atoms with van der Waals surface area (Å²) in [6.07, 6.45) is 3.63. The maximum atomic E-state index is 12.6. The first-order valence-corrected chi connectivity index (χ1v) is 7.23. The number of amides is 1. The van der Waals surface area contributed by atoms with Gasteiger partial charge in [-0.1, -0.05) is 12.1 Å². The molecule has 0 unspecified atom stereocenters. The van der Waals surface area contributed by atoms with Crippen LogP contribution in [0.15, 0.2) is 36.5 Å². The molecule has 0 atom stereocenters. The van der Waals surface area contributed by atoms with Crippen LogP contribution in [0.5, 0.6) is 5.75 Å². The molecule has 1 aromatic heterocycles. The Hall–Kier alpha value is -2.74. The monoisotopic (exact) mass is 295 g/mol. The zero-order chi connectivity index (χ0) is 15.5. The summed E-state index contributed by atoms with van der Waals surface area (Å²) < 4.78 is 5.15. The second kappa shape index (κ2) is 5.94. The van der Waals surface area contributed by atoms with Gasteiger partial charge in [0.25, 0.3) is 5.91 Å². The average Bonchev–Trinajstić information content (AvgIpc) is 3.28. The molecule has 1 amide bonds. The van der Waals surface area contributed by atoms with Gasteiger partial charge in [0.2, 0.25) is 0 Å². The number of aromatic nitrogens is 1. The van der Waals surface area contributed by atoms with Crippen LogP contribution in [0, 0.1) is 11.3 Å². The van der Waals surface area contributed by atoms with E-state index < -0.39 is 0 Å². The number of hydrogen-bond donors (Lipinski definition) is 1. The molecule has 3 rings (SSSR count). The number of hydrogen-bond acceptors (Lipinski definition) is 3. The van der Waals surface area contributed by atoms with Crippen LogP contribution in [-0.2, 0) is 6.54 Å². The van der Waals surface area contributed by atoms with E-state index in [4.69, 9.17) is 10.00 Å². The number of carbonyl (C=O) groups excluding carboxylic acids is 1. The fourth-order valence-corrected chi connectivity index (χ4v) is 2.42. The van der Waals surface area contributed by atoms with Gasteiger partial charge < -0.3 is 14.6 Å². The Morgan fingerprint density at radius 2 is 2.14 bits per heavy atom. The molecule has 1 heterocycles. The van der Waals surface area contributed by atoms with Crippen molar-refractivity contribution in [3.05, 3.63) is 53.3 Å². The van der Waals surface area contributed by atoms with Gasteiger partial charge in [-0.2, -0.15) is 5.26 Å². The van der Waals surface area contributed by atoms with Crippen LogP contribution in [0.1, 0.15) is 34.5 Å². The van der Waals surface area contributed by atoms with Crippen molar-refractivity contribution in [1.82, 2.24) is 9.88 Å². The number of benzene rings is 1. The Bertz CT molecular complexity index is 708. The van der Waals surface area contributed by atoms with Crippen molar-refractivity contribution in [2.24, 2.45) is 0 Å².